The van der Waals surface area contributed by atoms with E-state index in [0.717, 1.165) is 0 Å². The molecule has 1 aromatic heterocycles. The number of hydrogen-bond donors (Lipinski definition) is 17. The number of carboxylic acid groups (broad SMARTS) is 2. The second-order valence-electron chi connectivity index (χ2n) is 14.9. The number of imidazole rings is 1. The Hall–Kier alpha value is -7.14. The van der Waals surface area contributed by atoms with Crippen molar-refractivity contribution in [1.29, 1.82) is 0 Å². The first-order chi connectivity index (χ1) is 31.2. The Labute approximate surface area is 379 Å². The average Bonchev–Trinajstić information content (AvgIpc) is 3.76. The number of aliphatic hydroxyl groups excluding tert-OH is 1. The summed E-state index contributed by atoms with van der Waals surface area (Å²) in [4.78, 5) is 131. The van der Waals surface area contributed by atoms with Crippen LogP contribution in [-0.2, 0) is 49.6 Å². The van der Waals surface area contributed by atoms with Crippen molar-refractivity contribution in [2.75, 3.05) is 26.2 Å². The number of aromatic nitrogens is 2. The summed E-state index contributed by atoms with van der Waals surface area (Å²) in [6.45, 7) is -0.792. The number of rotatable bonds is 34. The van der Waals surface area contributed by atoms with Gasteiger partial charge in [-0.2, -0.15) is 0 Å². The molecule has 0 bridgehead atoms. The van der Waals surface area contributed by atoms with Crippen LogP contribution in [-0.4, -0.2) is 159 Å². The average molecular weight is 940 g/mol. The van der Waals surface area contributed by atoms with Crippen LogP contribution in [0.3, 0.4) is 0 Å². The second kappa shape index (κ2) is 30.9. The quantitative estimate of drug-likeness (QED) is 0.0173. The largest absolute Gasteiger partial charge is 0.481 e. The van der Waals surface area contributed by atoms with E-state index in [4.69, 9.17) is 40.1 Å². The van der Waals surface area contributed by atoms with Crippen molar-refractivity contribution in [3.63, 3.8) is 0 Å². The number of carbonyl (C=O) groups excluding carboxylic acids is 7. The molecule has 7 atom stereocenters. The zero-order valence-corrected chi connectivity index (χ0v) is 36.4. The lowest BCUT2D eigenvalue weighted by Gasteiger charge is -2.27. The standard InChI is InChI=1S/C37H65N17O12/c38-12-2-1-5-21(50-33(63)24(8-10-27(40)56)53-34(64)25(9-11-28(57)58)49-29(59)20(39)15-19-16-45-18-48-19)30(60)51-22(6-3-13-46-36(41)42)31(61)52-23(7-4-14-47-37(43)44)32(62)54-26(17-55)35(65)66/h16,18,20-26,55H,1-15,17,38-39H2,(H2,40,56)(H,45,48)(H,49,59)(H,50,63)(H,51,60)(H,52,61)(H,53,64)(H,54,62)(H,57,58)(H,65,66)(H4,41,42,46)(H4,43,44,47)/t20-,21-,22-,23-,24-,25-,26-/m0/s1. The maximum absolute atomic E-state index is 14.1. The number of carboxylic acids is 2. The molecule has 66 heavy (non-hydrogen) atoms. The monoisotopic (exact) mass is 939 g/mol. The van der Waals surface area contributed by atoms with Gasteiger partial charge in [-0.1, -0.05) is 0 Å². The van der Waals surface area contributed by atoms with Crippen LogP contribution in [0, 0.1) is 0 Å². The highest BCUT2D eigenvalue weighted by Gasteiger charge is 2.34. The van der Waals surface area contributed by atoms with Crippen LogP contribution in [0.25, 0.3) is 0 Å². The maximum atomic E-state index is 14.1. The topological polar surface area (TPSA) is 522 Å². The van der Waals surface area contributed by atoms with Crippen LogP contribution in [0.5, 0.6) is 0 Å². The van der Waals surface area contributed by atoms with Crippen molar-refractivity contribution in [2.45, 2.75) is 119 Å². The molecule has 29 heteroatoms. The summed E-state index contributed by atoms with van der Waals surface area (Å²) >= 11 is 0. The number of aliphatic imine (C=N–C) groups is 2. The van der Waals surface area contributed by atoms with Crippen molar-refractivity contribution in [1.82, 2.24) is 41.9 Å². The Morgan fingerprint density at radius 2 is 1.00 bits per heavy atom. The molecule has 1 rings (SSSR count). The second-order valence-corrected chi connectivity index (χ2v) is 14.9. The summed E-state index contributed by atoms with van der Waals surface area (Å²) in [7, 11) is 0. The van der Waals surface area contributed by atoms with Gasteiger partial charge in [0.2, 0.25) is 41.4 Å². The van der Waals surface area contributed by atoms with Crippen LogP contribution in [0.1, 0.15) is 76.3 Å². The number of carbonyl (C=O) groups is 9. The number of aliphatic carboxylic acids is 2. The Morgan fingerprint density at radius 3 is 1.36 bits per heavy atom. The van der Waals surface area contributed by atoms with Gasteiger partial charge in [-0.05, 0) is 64.3 Å². The van der Waals surface area contributed by atoms with Gasteiger partial charge in [0.05, 0.1) is 19.0 Å². The van der Waals surface area contributed by atoms with E-state index < -0.39 is 128 Å². The first kappa shape index (κ1) is 56.9. The van der Waals surface area contributed by atoms with Gasteiger partial charge in [-0.25, -0.2) is 9.78 Å². The normalized spacial score (nSPS) is 14.0. The lowest BCUT2D eigenvalue weighted by atomic mass is 10.0. The zero-order chi connectivity index (χ0) is 49.8. The molecule has 0 unspecified atom stereocenters. The third kappa shape index (κ3) is 23.5. The zero-order valence-electron chi connectivity index (χ0n) is 36.4. The summed E-state index contributed by atoms with van der Waals surface area (Å²) in [5.74, 6) is -10.0. The van der Waals surface area contributed by atoms with E-state index in [1.54, 1.807) is 0 Å². The molecule has 0 spiro atoms. The molecule has 0 aliphatic carbocycles. The summed E-state index contributed by atoms with van der Waals surface area (Å²) in [5.41, 5.74) is 39.1. The number of nitrogens with one attached hydrogen (secondary N) is 7. The molecule has 0 radical (unpaired) electrons. The van der Waals surface area contributed by atoms with E-state index >= 15 is 0 Å². The van der Waals surface area contributed by atoms with Gasteiger partial charge >= 0.3 is 11.9 Å². The van der Waals surface area contributed by atoms with Crippen molar-refractivity contribution in [2.24, 2.45) is 50.1 Å². The molecule has 29 nitrogen and oxygen atoms in total. The van der Waals surface area contributed by atoms with Gasteiger partial charge < -0.3 is 92.3 Å². The van der Waals surface area contributed by atoms with Crippen LogP contribution in [0.4, 0.5) is 0 Å². The predicted molar refractivity (Wildman–Crippen MR) is 235 cm³/mol. The molecule has 0 aromatic carbocycles. The highest BCUT2D eigenvalue weighted by molar-refractivity contribution is 5.97. The van der Waals surface area contributed by atoms with E-state index in [0.29, 0.717) is 12.1 Å². The highest BCUT2D eigenvalue weighted by Crippen LogP contribution is 2.10. The van der Waals surface area contributed by atoms with Crippen molar-refractivity contribution in [3.8, 4) is 0 Å². The first-order valence-electron chi connectivity index (χ1n) is 20.9. The summed E-state index contributed by atoms with van der Waals surface area (Å²) in [6.07, 6.45) is 1.31. The maximum Gasteiger partial charge on any atom is 0.328 e. The van der Waals surface area contributed by atoms with Crippen LogP contribution < -0.4 is 72.0 Å². The molecular weight excluding hydrogens is 875 g/mol. The van der Waals surface area contributed by atoms with Crippen molar-refractivity contribution in [3.05, 3.63) is 18.2 Å². The van der Waals surface area contributed by atoms with Crippen molar-refractivity contribution >= 4 is 65.2 Å². The van der Waals surface area contributed by atoms with E-state index in [2.05, 4.69) is 51.9 Å². The molecule has 1 heterocycles. The fourth-order valence-electron chi connectivity index (χ4n) is 5.95. The molecule has 370 valence electrons. The first-order valence-corrected chi connectivity index (χ1v) is 20.9. The lowest BCUT2D eigenvalue weighted by molar-refractivity contribution is -0.143. The minimum atomic E-state index is -1.73. The van der Waals surface area contributed by atoms with E-state index in [-0.39, 0.29) is 76.5 Å². The minimum Gasteiger partial charge on any atom is -0.481 e. The molecule has 7 amide bonds. The Balaban J connectivity index is 3.49. The molecule has 0 aliphatic rings. The van der Waals surface area contributed by atoms with E-state index in [9.17, 15) is 58.5 Å². The Bertz CT molecular complexity index is 1820. The Morgan fingerprint density at radius 1 is 0.591 bits per heavy atom. The van der Waals surface area contributed by atoms with Gasteiger partial charge in [0, 0.05) is 44.2 Å². The molecule has 1 aromatic rings. The summed E-state index contributed by atoms with van der Waals surface area (Å²) in [6, 6.07) is -10.4. The number of primary amides is 1. The number of guanidine groups is 2. The molecule has 0 saturated heterocycles. The van der Waals surface area contributed by atoms with Crippen LogP contribution in [0.2, 0.25) is 0 Å². The summed E-state index contributed by atoms with van der Waals surface area (Å²) in [5, 5.41) is 42.6. The van der Waals surface area contributed by atoms with Gasteiger partial charge in [0.15, 0.2) is 11.9 Å². The third-order valence-corrected chi connectivity index (χ3v) is 9.46. The van der Waals surface area contributed by atoms with Crippen molar-refractivity contribution < 1.29 is 58.5 Å². The fourth-order valence-corrected chi connectivity index (χ4v) is 5.95. The number of amides is 7. The third-order valence-electron chi connectivity index (χ3n) is 9.46. The molecule has 0 saturated carbocycles. The predicted octanol–water partition coefficient (Wildman–Crippen LogP) is -7.37. The number of nitrogens with zero attached hydrogens (tertiary/aromatic N) is 3. The molecular formula is C37H65N17O12. The molecule has 24 N–H and O–H groups in total. The molecule has 0 aliphatic heterocycles. The SMILES string of the molecule is NCCCC[C@H](NC(=O)[C@H](CCC(N)=O)NC(=O)[C@H](CCC(=O)O)NC(=O)[C@@H](N)Cc1cnc[nH]1)C(=O)N[C@@H](CCCN=C(N)N)C(=O)N[C@@H](CCCN=C(N)N)C(=O)N[C@@H](CO)C(=O)O. The smallest absolute Gasteiger partial charge is 0.328 e. The minimum absolute atomic E-state index is 0.00651. The van der Waals surface area contributed by atoms with E-state index in [1.165, 1.54) is 12.5 Å². The summed E-state index contributed by atoms with van der Waals surface area (Å²) < 4.78 is 0. The Kier molecular flexibility index (Phi) is 26.6. The van der Waals surface area contributed by atoms with Gasteiger partial charge in [-0.15, -0.1) is 0 Å². The van der Waals surface area contributed by atoms with E-state index in [1.807, 2.05) is 0 Å². The van der Waals surface area contributed by atoms with Crippen LogP contribution >= 0.6 is 0 Å². The number of aliphatic hydroxyl groups is 1. The number of hydrogen-bond acceptors (Lipinski definition) is 15. The fraction of sp³-hybridized carbons (Fsp3) is 0.622. The number of H-pyrrole nitrogens is 1. The van der Waals surface area contributed by atoms with Gasteiger partial charge in [0.25, 0.3) is 0 Å². The number of unbranched alkanes of at least 4 members (excludes halogenated alkanes) is 1. The van der Waals surface area contributed by atoms with Crippen LogP contribution in [0.15, 0.2) is 22.5 Å². The molecule has 0 fully saturated rings. The van der Waals surface area contributed by atoms with Gasteiger partial charge in [0.1, 0.15) is 36.3 Å². The number of aromatic amines is 1. The highest BCUT2D eigenvalue weighted by atomic mass is 16.4. The van der Waals surface area contributed by atoms with Gasteiger partial charge in [-0.3, -0.25) is 48.3 Å². The number of nitrogens with two attached hydrogens (primary N) is 7. The lowest BCUT2D eigenvalue weighted by Crippen LogP contribution is -2.60.